The van der Waals surface area contributed by atoms with E-state index in [1.807, 2.05) is 54.7 Å². The normalized spacial score (nSPS) is 15.8. The summed E-state index contributed by atoms with van der Waals surface area (Å²) in [6.07, 6.45) is 3.91. The summed E-state index contributed by atoms with van der Waals surface area (Å²) in [6, 6.07) is 27.8. The number of anilines is 3. The molecule has 8 nitrogen and oxygen atoms in total. The lowest BCUT2D eigenvalue weighted by molar-refractivity contribution is 0.0355. The molecule has 0 spiro atoms. The van der Waals surface area contributed by atoms with Gasteiger partial charge in [-0.3, -0.25) is 9.78 Å². The molecular weight excluding hydrogens is 550 g/mol. The number of nitrogens with one attached hydrogen (secondary N) is 1. The van der Waals surface area contributed by atoms with E-state index in [1.54, 1.807) is 18.3 Å². The van der Waals surface area contributed by atoms with Gasteiger partial charge in [-0.1, -0.05) is 35.9 Å². The molecule has 0 aliphatic carbocycles. The van der Waals surface area contributed by atoms with Crippen LogP contribution in [0.5, 0.6) is 11.5 Å². The fourth-order valence-electron chi connectivity index (χ4n) is 5.60. The van der Waals surface area contributed by atoms with Gasteiger partial charge in [0, 0.05) is 59.6 Å². The Morgan fingerprint density at radius 2 is 1.88 bits per heavy atom. The summed E-state index contributed by atoms with van der Waals surface area (Å²) < 4.78 is 12.7. The number of fused-ring (bicyclic) bond motifs is 2. The lowest BCUT2D eigenvalue weighted by Crippen LogP contribution is -2.39. The van der Waals surface area contributed by atoms with Crippen LogP contribution in [0.2, 0.25) is 5.15 Å². The number of aromatic nitrogens is 3. The maximum atomic E-state index is 11.9. The molecule has 0 saturated carbocycles. The Morgan fingerprint density at radius 1 is 0.976 bits per heavy atom. The second kappa shape index (κ2) is 11.3. The number of morpholine rings is 1. The van der Waals surface area contributed by atoms with Crippen LogP contribution < -0.4 is 20.1 Å². The van der Waals surface area contributed by atoms with Crippen LogP contribution in [0.1, 0.15) is 28.6 Å². The molecule has 3 aromatic heterocycles. The topological polar surface area (TPSA) is 83.6 Å². The lowest BCUT2D eigenvalue weighted by Gasteiger charge is -2.35. The molecular formula is C33H28ClN5O3. The first-order valence-corrected chi connectivity index (χ1v) is 14.3. The van der Waals surface area contributed by atoms with Crippen LogP contribution >= 0.6 is 11.6 Å². The van der Waals surface area contributed by atoms with Gasteiger partial charge in [0.15, 0.2) is 5.75 Å². The van der Waals surface area contributed by atoms with E-state index in [4.69, 9.17) is 26.1 Å². The number of H-pyrrole nitrogens is 1. The van der Waals surface area contributed by atoms with Gasteiger partial charge in [0.1, 0.15) is 22.7 Å². The summed E-state index contributed by atoms with van der Waals surface area (Å²) in [5.74, 6) is 1.55. The van der Waals surface area contributed by atoms with Crippen molar-refractivity contribution < 1.29 is 9.47 Å². The Bertz CT molecular complexity index is 1790. The molecule has 1 unspecified atom stereocenters. The Labute approximate surface area is 248 Å². The molecule has 9 heteroatoms. The van der Waals surface area contributed by atoms with E-state index in [1.165, 1.54) is 0 Å². The Kier molecular flexibility index (Phi) is 7.07. The molecule has 2 aliphatic heterocycles. The summed E-state index contributed by atoms with van der Waals surface area (Å²) in [4.78, 5) is 28.2. The van der Waals surface area contributed by atoms with Crippen LogP contribution in [-0.4, -0.2) is 34.6 Å². The number of aromatic amines is 1. The first-order valence-electron chi connectivity index (χ1n) is 13.9. The summed E-state index contributed by atoms with van der Waals surface area (Å²) >= 11 is 6.20. The minimum Gasteiger partial charge on any atom is -0.455 e. The van der Waals surface area contributed by atoms with Crippen molar-refractivity contribution in [2.24, 2.45) is 0 Å². The second-order valence-electron chi connectivity index (χ2n) is 10.3. The number of ether oxygens (including phenoxy) is 2. The zero-order chi connectivity index (χ0) is 28.5. The molecule has 1 atom stereocenters. The van der Waals surface area contributed by atoms with E-state index in [2.05, 4.69) is 44.0 Å². The number of hydrogen-bond acceptors (Lipinski definition) is 7. The Balaban J connectivity index is 1.17. The van der Waals surface area contributed by atoms with Crippen molar-refractivity contribution in [3.8, 4) is 11.5 Å². The van der Waals surface area contributed by atoms with Crippen LogP contribution in [-0.2, 0) is 17.7 Å². The number of para-hydroxylation sites is 1. The van der Waals surface area contributed by atoms with Crippen molar-refractivity contribution in [1.82, 2.24) is 15.0 Å². The fourth-order valence-corrected chi connectivity index (χ4v) is 5.78. The number of pyridine rings is 3. The van der Waals surface area contributed by atoms with Crippen LogP contribution in [0.4, 0.5) is 17.1 Å². The minimum atomic E-state index is -0.285. The van der Waals surface area contributed by atoms with E-state index in [0.717, 1.165) is 51.1 Å². The van der Waals surface area contributed by atoms with Crippen molar-refractivity contribution >= 4 is 28.7 Å². The number of rotatable bonds is 6. The standard InChI is InChI=1S/C33H28ClN5O3/c34-30-8-4-5-24(37-30)20-39(25-6-2-1-3-7-25)27-9-10-28-23(18-27)17-22-11-13-36-32(33(22)42-28)29-21-38(15-16-41-29)26-12-14-35-31(40)19-26/h1-14,18-19,29H,15-17,20-21H2,(H,35,40). The van der Waals surface area contributed by atoms with Gasteiger partial charge in [0.05, 0.1) is 25.4 Å². The smallest absolute Gasteiger partial charge is 0.249 e. The molecule has 5 aromatic rings. The van der Waals surface area contributed by atoms with Crippen molar-refractivity contribution in [2.45, 2.75) is 19.1 Å². The molecule has 1 saturated heterocycles. The highest BCUT2D eigenvalue weighted by molar-refractivity contribution is 6.29. The molecule has 0 bridgehead atoms. The quantitative estimate of drug-likeness (QED) is 0.228. The van der Waals surface area contributed by atoms with Gasteiger partial charge in [-0.15, -0.1) is 0 Å². The third-order valence-electron chi connectivity index (χ3n) is 7.62. The molecule has 1 N–H and O–H groups in total. The molecule has 2 aliphatic rings. The minimum absolute atomic E-state index is 0.125. The third kappa shape index (κ3) is 5.34. The fraction of sp³-hybridized carbons (Fsp3) is 0.182. The lowest BCUT2D eigenvalue weighted by atomic mass is 9.98. The second-order valence-corrected chi connectivity index (χ2v) is 10.7. The predicted octanol–water partition coefficient (Wildman–Crippen LogP) is 6.43. The number of nitrogens with zero attached hydrogens (tertiary/aromatic N) is 4. The van der Waals surface area contributed by atoms with Gasteiger partial charge >= 0.3 is 0 Å². The van der Waals surface area contributed by atoms with Gasteiger partial charge < -0.3 is 24.3 Å². The molecule has 1 fully saturated rings. The molecule has 7 rings (SSSR count). The van der Waals surface area contributed by atoms with Crippen LogP contribution in [0.25, 0.3) is 0 Å². The zero-order valence-corrected chi connectivity index (χ0v) is 23.5. The van der Waals surface area contributed by atoms with Crippen molar-refractivity contribution in [1.29, 1.82) is 0 Å². The van der Waals surface area contributed by atoms with Gasteiger partial charge in [-0.2, -0.15) is 0 Å². The molecule has 210 valence electrons. The van der Waals surface area contributed by atoms with Gasteiger partial charge in [-0.25, -0.2) is 4.98 Å². The van der Waals surface area contributed by atoms with Crippen molar-refractivity contribution in [3.63, 3.8) is 0 Å². The SMILES string of the molecule is O=c1cc(N2CCOC(c3nccc4c3Oc3ccc(N(Cc5cccc(Cl)n5)c5ccccc5)cc3C4)C2)cc[nH]1. The van der Waals surface area contributed by atoms with E-state index >= 15 is 0 Å². The number of hydrogen-bond donors (Lipinski definition) is 1. The van der Waals surface area contributed by atoms with E-state index in [0.29, 0.717) is 37.8 Å². The van der Waals surface area contributed by atoms with Crippen LogP contribution in [0.3, 0.4) is 0 Å². The average molecular weight is 578 g/mol. The van der Waals surface area contributed by atoms with Crippen molar-refractivity contribution in [2.75, 3.05) is 29.5 Å². The molecule has 0 amide bonds. The molecule has 5 heterocycles. The van der Waals surface area contributed by atoms with Gasteiger partial charge in [0.2, 0.25) is 5.56 Å². The van der Waals surface area contributed by atoms with E-state index < -0.39 is 0 Å². The Hall–Kier alpha value is -4.66. The number of benzene rings is 2. The van der Waals surface area contributed by atoms with Gasteiger partial charge in [0.25, 0.3) is 0 Å². The monoisotopic (exact) mass is 577 g/mol. The highest BCUT2D eigenvalue weighted by atomic mass is 35.5. The highest BCUT2D eigenvalue weighted by Gasteiger charge is 2.30. The van der Waals surface area contributed by atoms with E-state index in [-0.39, 0.29) is 11.7 Å². The first kappa shape index (κ1) is 26.3. The summed E-state index contributed by atoms with van der Waals surface area (Å²) in [6.45, 7) is 2.37. The van der Waals surface area contributed by atoms with E-state index in [9.17, 15) is 4.79 Å². The molecule has 2 aromatic carbocycles. The largest absolute Gasteiger partial charge is 0.455 e. The summed E-state index contributed by atoms with van der Waals surface area (Å²) in [5.41, 5.74) is 6.63. The van der Waals surface area contributed by atoms with Crippen molar-refractivity contribution in [3.05, 3.63) is 135 Å². The Morgan fingerprint density at radius 3 is 2.74 bits per heavy atom. The average Bonchev–Trinajstić information content (AvgIpc) is 3.03. The van der Waals surface area contributed by atoms with Crippen LogP contribution in [0.15, 0.2) is 102 Å². The predicted molar refractivity (Wildman–Crippen MR) is 163 cm³/mol. The third-order valence-corrected chi connectivity index (χ3v) is 7.83. The molecule has 0 radical (unpaired) electrons. The van der Waals surface area contributed by atoms with Crippen LogP contribution in [0, 0.1) is 0 Å². The zero-order valence-electron chi connectivity index (χ0n) is 22.7. The van der Waals surface area contributed by atoms with Gasteiger partial charge in [-0.05, 0) is 54.6 Å². The summed E-state index contributed by atoms with van der Waals surface area (Å²) in [5, 5.41) is 0.475. The maximum absolute atomic E-state index is 11.9. The maximum Gasteiger partial charge on any atom is 0.249 e. The first-order chi connectivity index (χ1) is 20.6. The summed E-state index contributed by atoms with van der Waals surface area (Å²) in [7, 11) is 0. The number of halogens is 1. The molecule has 42 heavy (non-hydrogen) atoms. The highest BCUT2D eigenvalue weighted by Crippen LogP contribution is 2.43.